The van der Waals surface area contributed by atoms with Crippen LogP contribution in [0.15, 0.2) is 473 Å². The smallest absolute Gasteiger partial charge is 0.164 e. The van der Waals surface area contributed by atoms with E-state index < -0.39 is 5.41 Å². The molecule has 20 aromatic carbocycles. The summed E-state index contributed by atoms with van der Waals surface area (Å²) >= 11 is 0. The van der Waals surface area contributed by atoms with Gasteiger partial charge in [-0.1, -0.05) is 392 Å². The number of nitrogens with zero attached hydrogens (tertiary/aromatic N) is 12. The Labute approximate surface area is 854 Å². The molecule has 0 N–H and O–H groups in total. The summed E-state index contributed by atoms with van der Waals surface area (Å²) in [4.78, 5) is 47.2. The molecule has 0 fully saturated rings. The maximum atomic E-state index is 5.59. The predicted octanol–water partition coefficient (Wildman–Crippen LogP) is 32.8. The third kappa shape index (κ3) is 13.4. The predicted molar refractivity (Wildman–Crippen MR) is 602 cm³/mol. The van der Waals surface area contributed by atoms with Crippen LogP contribution in [0.25, 0.3) is 241 Å². The maximum absolute atomic E-state index is 5.59. The van der Waals surface area contributed by atoms with Gasteiger partial charge in [0.15, 0.2) is 52.4 Å². The van der Waals surface area contributed by atoms with Crippen molar-refractivity contribution in [1.82, 2.24) is 58.6 Å². The van der Waals surface area contributed by atoms with Crippen LogP contribution in [-0.4, -0.2) is 58.6 Å². The number of fused-ring (bicyclic) bond motifs is 19. The van der Waals surface area contributed by atoms with E-state index >= 15 is 0 Å². The number of benzene rings is 20. The highest BCUT2D eigenvalue weighted by molar-refractivity contribution is 6.21. The minimum atomic E-state index is -0.845. The molecule has 6 aromatic heterocycles. The molecule has 0 amide bonds. The van der Waals surface area contributed by atoms with Gasteiger partial charge in [-0.15, -0.1) is 0 Å². The molecule has 3 aliphatic rings. The van der Waals surface area contributed by atoms with Crippen LogP contribution in [0.4, 0.5) is 0 Å². The van der Waals surface area contributed by atoms with E-state index in [9.17, 15) is 0 Å². The topological polar surface area (TPSA) is 131 Å². The van der Waals surface area contributed by atoms with Crippen LogP contribution in [0.1, 0.15) is 72.2 Å². The standard InChI is InChI=1S/C136H90N12/c1-134(2)113-73-66-91(76-106(113)107-79-110-103-54-30-32-57-117(103)147(121(110)82-114(107)134)99-52-33-45-93(75-99)132-142-127(86-39-17-7-18-40-86)138-128(143-132)87-41-19-8-20-42-87)83-59-61-89(62-60-83)130-141-129(88-43-21-9-22-44-88)144-133(145-130)94-65-70-102-108-81-120-111(80-116(108)136(115(102)78-94,95-46-23-10-24-47-95)96-48-25-11-26-49-96)109-77-92(67-74-118(109)146(120)97-50-27-12-28-51-97)100-55-34-58-119-122(100)105-72-71-104-101-53-29-31-56-112(101)135(3,4)123(104)124(105)148(119)98-68-63-90(64-69-98)131-139-125(84-35-13-5-14-36-84)137-126(140-131)85-37-15-6-16-38-85/h5-82H,1-4H3. The van der Waals surface area contributed by atoms with E-state index in [1.165, 1.54) is 77.1 Å². The number of aromatic nitrogens is 12. The van der Waals surface area contributed by atoms with E-state index in [2.05, 4.69) is 436 Å². The first-order chi connectivity index (χ1) is 72.9. The van der Waals surface area contributed by atoms with Crippen molar-refractivity contribution in [2.24, 2.45) is 0 Å². The lowest BCUT2D eigenvalue weighted by Crippen LogP contribution is -2.28. The number of hydrogen-bond acceptors (Lipinski definition) is 9. The zero-order valence-corrected chi connectivity index (χ0v) is 81.4. The Balaban J connectivity index is 0.546. The Morgan fingerprint density at radius 3 is 1.12 bits per heavy atom. The summed E-state index contributed by atoms with van der Waals surface area (Å²) in [7, 11) is 0. The van der Waals surface area contributed by atoms with Gasteiger partial charge in [0.05, 0.1) is 38.5 Å². The Bertz CT molecular complexity index is 9760. The molecule has 148 heavy (non-hydrogen) atoms. The Hall–Kier alpha value is -19.2. The van der Waals surface area contributed by atoms with E-state index in [-0.39, 0.29) is 10.8 Å². The third-order valence-electron chi connectivity index (χ3n) is 31.2. The summed E-state index contributed by atoms with van der Waals surface area (Å²) in [5.74, 6) is 5.43. The van der Waals surface area contributed by atoms with Gasteiger partial charge >= 0.3 is 0 Å². The van der Waals surface area contributed by atoms with E-state index in [1.54, 1.807) is 0 Å². The molecule has 0 spiro atoms. The highest BCUT2D eigenvalue weighted by Crippen LogP contribution is 2.61. The van der Waals surface area contributed by atoms with Crippen LogP contribution in [0, 0.1) is 0 Å². The summed E-state index contributed by atoms with van der Waals surface area (Å²) in [6.45, 7) is 9.54. The fourth-order valence-electron chi connectivity index (χ4n) is 24.3. The molecule has 3 aliphatic carbocycles. The Morgan fingerprint density at radius 1 is 0.169 bits per heavy atom. The van der Waals surface area contributed by atoms with E-state index in [4.69, 9.17) is 44.9 Å². The molecule has 0 bridgehead atoms. The maximum Gasteiger partial charge on any atom is 0.164 e. The zero-order chi connectivity index (χ0) is 98.2. The van der Waals surface area contributed by atoms with E-state index in [1.807, 2.05) is 78.9 Å². The van der Waals surface area contributed by atoms with Crippen molar-refractivity contribution in [3.05, 3.63) is 518 Å². The van der Waals surface area contributed by atoms with Crippen LogP contribution in [-0.2, 0) is 16.2 Å². The van der Waals surface area contributed by atoms with Gasteiger partial charge in [-0.3, -0.25) is 0 Å². The van der Waals surface area contributed by atoms with Gasteiger partial charge < -0.3 is 13.7 Å². The molecule has 0 saturated carbocycles. The van der Waals surface area contributed by atoms with Crippen molar-refractivity contribution in [3.63, 3.8) is 0 Å². The first kappa shape index (κ1) is 85.6. The average molecular weight is 1890 g/mol. The summed E-state index contributed by atoms with van der Waals surface area (Å²) in [6, 6.07) is 171. The molecular formula is C136H90N12. The van der Waals surface area contributed by atoms with E-state index in [0.717, 1.165) is 156 Å². The van der Waals surface area contributed by atoms with Gasteiger partial charge in [0, 0.05) is 110 Å². The highest BCUT2D eigenvalue weighted by Gasteiger charge is 2.48. The van der Waals surface area contributed by atoms with Gasteiger partial charge in [0.1, 0.15) is 0 Å². The molecule has 12 heteroatoms. The fourth-order valence-corrected chi connectivity index (χ4v) is 24.3. The lowest BCUT2D eigenvalue weighted by atomic mass is 9.67. The lowest BCUT2D eigenvalue weighted by Gasteiger charge is -2.34. The largest absolute Gasteiger partial charge is 0.309 e. The van der Waals surface area contributed by atoms with Gasteiger partial charge in [-0.05, 0) is 209 Å². The second kappa shape index (κ2) is 33.5. The summed E-state index contributed by atoms with van der Waals surface area (Å²) in [5.41, 5.74) is 38.1. The molecule has 12 nitrogen and oxygen atoms in total. The summed E-state index contributed by atoms with van der Waals surface area (Å²) in [6.07, 6.45) is 0. The van der Waals surface area contributed by atoms with Crippen LogP contribution in [0.5, 0.6) is 0 Å². The summed E-state index contributed by atoms with van der Waals surface area (Å²) in [5, 5.41) is 7.01. The van der Waals surface area contributed by atoms with Gasteiger partial charge in [0.2, 0.25) is 0 Å². The number of rotatable bonds is 16. The van der Waals surface area contributed by atoms with Crippen molar-refractivity contribution < 1.29 is 0 Å². The van der Waals surface area contributed by atoms with E-state index in [0.29, 0.717) is 52.4 Å². The van der Waals surface area contributed by atoms with Gasteiger partial charge in [0.25, 0.3) is 0 Å². The third-order valence-corrected chi connectivity index (χ3v) is 31.2. The SMILES string of the molecule is CC1(C)c2ccc(-c3ccc(-c4nc(-c5ccccc5)nc(-c5ccc6c(c5)C(c5ccccc5)(c5ccccc5)c5cc7c8cc(-c9cccc%10c9c9ccc%11c(c9n%10-c9ccc(-c%10nc(-c%12ccccc%12)nc(-c%12ccccc%12)n%10)cc9)C(C)(C)c9ccccc9-%11)ccc8n(-c8ccccc8)c7cc5-6)n4)cc3)cc2-c2cc3c4ccccc4n(-c4cccc(-c5nc(-c6ccccc6)nc(-c6ccccc6)n5)c4)c3cc21. The van der Waals surface area contributed by atoms with Crippen molar-refractivity contribution in [1.29, 1.82) is 0 Å². The average Bonchev–Trinajstić information content (AvgIpc) is 1.55. The second-order valence-corrected chi connectivity index (χ2v) is 40.2. The molecule has 0 saturated heterocycles. The first-order valence-electron chi connectivity index (χ1n) is 50.6. The van der Waals surface area contributed by atoms with Gasteiger partial charge in [-0.2, -0.15) is 0 Å². The molecule has 0 aliphatic heterocycles. The zero-order valence-electron chi connectivity index (χ0n) is 81.4. The monoisotopic (exact) mass is 1890 g/mol. The quantitative estimate of drug-likeness (QED) is 0.0928. The highest BCUT2D eigenvalue weighted by atomic mass is 15.1. The first-order valence-corrected chi connectivity index (χ1v) is 50.6. The van der Waals surface area contributed by atoms with Crippen LogP contribution in [0.2, 0.25) is 0 Å². The minimum absolute atomic E-state index is 0.317. The van der Waals surface area contributed by atoms with Crippen LogP contribution < -0.4 is 0 Å². The van der Waals surface area contributed by atoms with Gasteiger partial charge in [-0.25, -0.2) is 44.9 Å². The second-order valence-electron chi connectivity index (χ2n) is 40.2. The molecule has 26 aromatic rings. The Kier molecular flexibility index (Phi) is 19.4. The molecule has 0 radical (unpaired) electrons. The molecule has 0 unspecified atom stereocenters. The molecular weight excluding hydrogens is 1800 g/mol. The van der Waals surface area contributed by atoms with Crippen LogP contribution in [0.3, 0.4) is 0 Å². The molecule has 0 atom stereocenters. The number of hydrogen-bond donors (Lipinski definition) is 0. The molecule has 694 valence electrons. The minimum Gasteiger partial charge on any atom is -0.309 e. The normalized spacial score (nSPS) is 13.3. The van der Waals surface area contributed by atoms with Crippen molar-refractivity contribution in [3.8, 4) is 175 Å². The molecule has 29 rings (SSSR count). The Morgan fingerprint density at radius 2 is 0.541 bits per heavy atom. The van der Waals surface area contributed by atoms with Crippen LogP contribution >= 0.6 is 0 Å². The lowest BCUT2D eigenvalue weighted by molar-refractivity contribution is 0.661. The number of para-hydroxylation sites is 2. The fraction of sp³-hybridized carbons (Fsp3) is 0.0515. The van der Waals surface area contributed by atoms with Crippen molar-refractivity contribution >= 4 is 65.4 Å². The van der Waals surface area contributed by atoms with Crippen molar-refractivity contribution in [2.75, 3.05) is 0 Å². The van der Waals surface area contributed by atoms with Crippen molar-refractivity contribution in [2.45, 2.75) is 43.9 Å². The molecule has 6 heterocycles. The summed E-state index contributed by atoms with van der Waals surface area (Å²) < 4.78 is 7.42.